The second-order valence-corrected chi connectivity index (χ2v) is 5.91. The van der Waals surface area contributed by atoms with Gasteiger partial charge in [-0.15, -0.1) is 0 Å². The SMILES string of the molecule is CC(C)C(CCO)NC(=O)NC1CCc2ccc(F)cc21. The second kappa shape index (κ2) is 6.89. The Balaban J connectivity index is 1.97. The average Bonchev–Trinajstić information content (AvgIpc) is 2.80. The molecular weight excluding hydrogens is 271 g/mol. The van der Waals surface area contributed by atoms with Gasteiger partial charge >= 0.3 is 6.03 Å². The van der Waals surface area contributed by atoms with Gasteiger partial charge in [-0.2, -0.15) is 0 Å². The molecule has 4 nitrogen and oxygen atoms in total. The minimum atomic E-state index is -0.275. The summed E-state index contributed by atoms with van der Waals surface area (Å²) in [4.78, 5) is 12.1. The van der Waals surface area contributed by atoms with Crippen LogP contribution in [0.3, 0.4) is 0 Å². The standard InChI is InChI=1S/C16H23FN2O2/c1-10(2)14(7-8-20)18-16(21)19-15-6-4-11-3-5-12(17)9-13(11)15/h3,5,9-10,14-15,20H,4,6-8H2,1-2H3,(H2,18,19,21). The number of nitrogens with one attached hydrogen (secondary N) is 2. The zero-order valence-corrected chi connectivity index (χ0v) is 12.5. The summed E-state index contributed by atoms with van der Waals surface area (Å²) < 4.78 is 13.3. The van der Waals surface area contributed by atoms with Crippen molar-refractivity contribution in [2.75, 3.05) is 6.61 Å². The minimum Gasteiger partial charge on any atom is -0.396 e. The van der Waals surface area contributed by atoms with Crippen LogP contribution in [0.5, 0.6) is 0 Å². The summed E-state index contributed by atoms with van der Waals surface area (Å²) in [5.41, 5.74) is 1.96. The number of aryl methyl sites for hydroxylation is 1. The largest absolute Gasteiger partial charge is 0.396 e. The van der Waals surface area contributed by atoms with Crippen LogP contribution in [-0.4, -0.2) is 23.8 Å². The maximum atomic E-state index is 13.3. The van der Waals surface area contributed by atoms with Crippen molar-refractivity contribution in [2.45, 2.75) is 45.2 Å². The van der Waals surface area contributed by atoms with Gasteiger partial charge in [0, 0.05) is 12.6 Å². The van der Waals surface area contributed by atoms with Crippen LogP contribution in [0.2, 0.25) is 0 Å². The molecule has 1 aromatic rings. The highest BCUT2D eigenvalue weighted by Gasteiger charge is 2.25. The average molecular weight is 294 g/mol. The molecule has 1 aliphatic carbocycles. The van der Waals surface area contributed by atoms with E-state index >= 15 is 0 Å². The number of halogens is 1. The van der Waals surface area contributed by atoms with Crippen molar-refractivity contribution in [3.05, 3.63) is 35.1 Å². The molecule has 2 rings (SSSR count). The van der Waals surface area contributed by atoms with Crippen molar-refractivity contribution in [2.24, 2.45) is 5.92 Å². The molecule has 0 saturated carbocycles. The van der Waals surface area contributed by atoms with Gasteiger partial charge < -0.3 is 15.7 Å². The predicted molar refractivity (Wildman–Crippen MR) is 79.5 cm³/mol. The van der Waals surface area contributed by atoms with Gasteiger partial charge in [-0.1, -0.05) is 19.9 Å². The van der Waals surface area contributed by atoms with E-state index in [1.165, 1.54) is 12.1 Å². The van der Waals surface area contributed by atoms with Crippen LogP contribution in [0.15, 0.2) is 18.2 Å². The highest BCUT2D eigenvalue weighted by Crippen LogP contribution is 2.31. The Morgan fingerprint density at radius 2 is 2.24 bits per heavy atom. The fraction of sp³-hybridized carbons (Fsp3) is 0.562. The lowest BCUT2D eigenvalue weighted by Crippen LogP contribution is -2.45. The normalized spacial score (nSPS) is 18.4. The second-order valence-electron chi connectivity index (χ2n) is 5.91. The Bertz CT molecular complexity index is 505. The van der Waals surface area contributed by atoms with Crippen molar-refractivity contribution in [1.82, 2.24) is 10.6 Å². The Morgan fingerprint density at radius 1 is 1.48 bits per heavy atom. The number of hydrogen-bond donors (Lipinski definition) is 3. The molecule has 2 amide bonds. The molecule has 1 aromatic carbocycles. The van der Waals surface area contributed by atoms with Gasteiger partial charge in [0.2, 0.25) is 0 Å². The quantitative estimate of drug-likeness (QED) is 0.781. The number of amides is 2. The summed E-state index contributed by atoms with van der Waals surface area (Å²) in [5, 5.41) is 14.8. The molecule has 2 atom stereocenters. The van der Waals surface area contributed by atoms with Crippen LogP contribution < -0.4 is 10.6 Å². The summed E-state index contributed by atoms with van der Waals surface area (Å²) in [6.07, 6.45) is 2.17. The van der Waals surface area contributed by atoms with Crippen LogP contribution in [0.25, 0.3) is 0 Å². The van der Waals surface area contributed by atoms with Crippen molar-refractivity contribution >= 4 is 6.03 Å². The van der Waals surface area contributed by atoms with Crippen LogP contribution in [0, 0.1) is 11.7 Å². The number of carbonyl (C=O) groups is 1. The van der Waals surface area contributed by atoms with E-state index in [4.69, 9.17) is 5.11 Å². The summed E-state index contributed by atoms with van der Waals surface area (Å²) in [6, 6.07) is 4.27. The van der Waals surface area contributed by atoms with Crippen LogP contribution in [0.4, 0.5) is 9.18 Å². The molecule has 3 N–H and O–H groups in total. The number of carbonyl (C=O) groups excluding carboxylic acids is 1. The molecule has 0 aromatic heterocycles. The smallest absolute Gasteiger partial charge is 0.315 e. The number of benzene rings is 1. The minimum absolute atomic E-state index is 0.0423. The lowest BCUT2D eigenvalue weighted by Gasteiger charge is -2.23. The zero-order chi connectivity index (χ0) is 15.4. The summed E-state index contributed by atoms with van der Waals surface area (Å²) >= 11 is 0. The first kappa shape index (κ1) is 15.8. The first-order valence-electron chi connectivity index (χ1n) is 7.47. The molecule has 0 heterocycles. The Kier molecular flexibility index (Phi) is 5.17. The summed E-state index contributed by atoms with van der Waals surface area (Å²) in [6.45, 7) is 4.04. The van der Waals surface area contributed by atoms with Crippen LogP contribution >= 0.6 is 0 Å². The third kappa shape index (κ3) is 3.94. The van der Waals surface area contributed by atoms with Gasteiger partial charge in [0.1, 0.15) is 5.82 Å². The van der Waals surface area contributed by atoms with Gasteiger partial charge in [0.25, 0.3) is 0 Å². The number of urea groups is 1. The first-order valence-corrected chi connectivity index (χ1v) is 7.47. The maximum Gasteiger partial charge on any atom is 0.315 e. The van der Waals surface area contributed by atoms with E-state index in [-0.39, 0.29) is 36.5 Å². The predicted octanol–water partition coefficient (Wildman–Crippen LogP) is 2.52. The highest BCUT2D eigenvalue weighted by atomic mass is 19.1. The molecule has 116 valence electrons. The summed E-state index contributed by atoms with van der Waals surface area (Å²) in [7, 11) is 0. The van der Waals surface area contributed by atoms with E-state index < -0.39 is 0 Å². The van der Waals surface area contributed by atoms with Gasteiger partial charge in [-0.25, -0.2) is 9.18 Å². The third-order valence-corrected chi connectivity index (χ3v) is 4.05. The van der Waals surface area contributed by atoms with E-state index in [2.05, 4.69) is 10.6 Å². The fourth-order valence-corrected chi connectivity index (χ4v) is 2.80. The van der Waals surface area contributed by atoms with E-state index in [1.807, 2.05) is 13.8 Å². The fourth-order valence-electron chi connectivity index (χ4n) is 2.80. The Morgan fingerprint density at radius 3 is 2.90 bits per heavy atom. The van der Waals surface area contributed by atoms with Crippen molar-refractivity contribution in [3.8, 4) is 0 Å². The molecule has 1 aliphatic rings. The van der Waals surface area contributed by atoms with Gasteiger partial charge in [0.05, 0.1) is 6.04 Å². The zero-order valence-electron chi connectivity index (χ0n) is 12.5. The number of fused-ring (bicyclic) bond motifs is 1. The van der Waals surface area contributed by atoms with E-state index in [0.29, 0.717) is 6.42 Å². The molecule has 0 bridgehead atoms. The van der Waals surface area contributed by atoms with Gasteiger partial charge in [-0.05, 0) is 48.4 Å². The van der Waals surface area contributed by atoms with Gasteiger partial charge in [0.15, 0.2) is 0 Å². The Hall–Kier alpha value is -1.62. The lowest BCUT2D eigenvalue weighted by atomic mass is 10.0. The van der Waals surface area contributed by atoms with Gasteiger partial charge in [-0.3, -0.25) is 0 Å². The molecule has 0 saturated heterocycles. The molecular formula is C16H23FN2O2. The lowest BCUT2D eigenvalue weighted by molar-refractivity contribution is 0.216. The third-order valence-electron chi connectivity index (χ3n) is 4.05. The van der Waals surface area contributed by atoms with Crippen molar-refractivity contribution in [1.29, 1.82) is 0 Å². The first-order chi connectivity index (χ1) is 10.0. The van der Waals surface area contributed by atoms with E-state index in [0.717, 1.165) is 24.0 Å². The molecule has 0 radical (unpaired) electrons. The van der Waals surface area contributed by atoms with Crippen molar-refractivity contribution in [3.63, 3.8) is 0 Å². The molecule has 0 aliphatic heterocycles. The number of rotatable bonds is 5. The van der Waals surface area contributed by atoms with Crippen LogP contribution in [-0.2, 0) is 6.42 Å². The molecule has 0 fully saturated rings. The topological polar surface area (TPSA) is 61.4 Å². The van der Waals surface area contributed by atoms with E-state index in [9.17, 15) is 9.18 Å². The monoisotopic (exact) mass is 294 g/mol. The Labute approximate surface area is 124 Å². The number of aliphatic hydroxyl groups is 1. The molecule has 21 heavy (non-hydrogen) atoms. The van der Waals surface area contributed by atoms with Crippen molar-refractivity contribution < 1.29 is 14.3 Å². The summed E-state index contributed by atoms with van der Waals surface area (Å²) in [5.74, 6) is -0.0283. The van der Waals surface area contributed by atoms with E-state index in [1.54, 1.807) is 6.07 Å². The molecule has 5 heteroatoms. The van der Waals surface area contributed by atoms with Crippen LogP contribution in [0.1, 0.15) is 43.9 Å². The number of hydrogen-bond acceptors (Lipinski definition) is 2. The number of aliphatic hydroxyl groups excluding tert-OH is 1. The highest BCUT2D eigenvalue weighted by molar-refractivity contribution is 5.75. The molecule has 0 spiro atoms. The maximum absolute atomic E-state index is 13.3. The molecule has 2 unspecified atom stereocenters.